The van der Waals surface area contributed by atoms with Gasteiger partial charge >= 0.3 is 0 Å². The Kier molecular flexibility index (Phi) is 5.67. The van der Waals surface area contributed by atoms with Crippen LogP contribution in [-0.4, -0.2) is 17.9 Å². The minimum absolute atomic E-state index is 0.363. The molecular formula is C17H16N4OS. The largest absolute Gasteiger partial charge is 0.495 e. The van der Waals surface area contributed by atoms with Crippen molar-refractivity contribution in [1.82, 2.24) is 5.43 Å². The second-order valence-corrected chi connectivity index (χ2v) is 5.06. The summed E-state index contributed by atoms with van der Waals surface area (Å²) < 4.78 is 5.25. The number of anilines is 1. The van der Waals surface area contributed by atoms with E-state index in [0.29, 0.717) is 16.4 Å². The number of methoxy groups -OCH3 is 1. The van der Waals surface area contributed by atoms with Gasteiger partial charge in [0.15, 0.2) is 5.11 Å². The van der Waals surface area contributed by atoms with Crippen LogP contribution >= 0.6 is 12.2 Å². The highest BCUT2D eigenvalue weighted by molar-refractivity contribution is 7.80. The van der Waals surface area contributed by atoms with E-state index in [9.17, 15) is 0 Å². The van der Waals surface area contributed by atoms with E-state index in [1.54, 1.807) is 19.2 Å². The van der Waals surface area contributed by atoms with Gasteiger partial charge in [0, 0.05) is 0 Å². The summed E-state index contributed by atoms with van der Waals surface area (Å²) in [6, 6.07) is 16.7. The topological polar surface area (TPSA) is 69.4 Å². The number of rotatable bonds is 4. The average molecular weight is 324 g/mol. The number of hydrogen-bond donors (Lipinski definition) is 2. The lowest BCUT2D eigenvalue weighted by Gasteiger charge is -2.11. The fraction of sp³-hybridized carbons (Fsp3) is 0.118. The molecule has 0 aromatic heterocycles. The molecular weight excluding hydrogens is 308 g/mol. The van der Waals surface area contributed by atoms with E-state index < -0.39 is 0 Å². The minimum atomic E-state index is 0.363. The summed E-state index contributed by atoms with van der Waals surface area (Å²) in [6.45, 7) is 1.86. The maximum Gasteiger partial charge on any atom is 0.191 e. The second-order valence-electron chi connectivity index (χ2n) is 4.65. The molecule has 6 heteroatoms. The van der Waals surface area contributed by atoms with E-state index in [0.717, 1.165) is 17.0 Å². The van der Waals surface area contributed by atoms with E-state index in [2.05, 4.69) is 21.9 Å². The van der Waals surface area contributed by atoms with Crippen molar-refractivity contribution in [2.75, 3.05) is 12.4 Å². The summed E-state index contributed by atoms with van der Waals surface area (Å²) in [5.41, 5.74) is 5.85. The van der Waals surface area contributed by atoms with Crippen molar-refractivity contribution in [3.05, 3.63) is 59.7 Å². The summed E-state index contributed by atoms with van der Waals surface area (Å²) in [5, 5.41) is 16.4. The molecule has 0 aliphatic heterocycles. The van der Waals surface area contributed by atoms with E-state index >= 15 is 0 Å². The predicted octanol–water partition coefficient (Wildman–Crippen LogP) is 3.28. The number of hydrogen-bond acceptors (Lipinski definition) is 4. The van der Waals surface area contributed by atoms with Crippen LogP contribution in [0.1, 0.15) is 18.1 Å². The van der Waals surface area contributed by atoms with Crippen LogP contribution in [0.4, 0.5) is 5.69 Å². The van der Waals surface area contributed by atoms with Crippen LogP contribution in [0.2, 0.25) is 0 Å². The zero-order valence-corrected chi connectivity index (χ0v) is 13.6. The molecule has 5 nitrogen and oxygen atoms in total. The molecule has 0 saturated carbocycles. The molecule has 2 N–H and O–H groups in total. The first-order chi connectivity index (χ1) is 11.1. The Morgan fingerprint density at radius 3 is 2.52 bits per heavy atom. The van der Waals surface area contributed by atoms with Gasteiger partial charge in [-0.25, -0.2) is 0 Å². The monoisotopic (exact) mass is 324 g/mol. The summed E-state index contributed by atoms with van der Waals surface area (Å²) in [4.78, 5) is 0. The first-order valence-corrected chi connectivity index (χ1v) is 7.29. The highest BCUT2D eigenvalue weighted by Gasteiger charge is 2.03. The van der Waals surface area contributed by atoms with E-state index in [1.807, 2.05) is 43.3 Å². The van der Waals surface area contributed by atoms with Crippen LogP contribution in [0.3, 0.4) is 0 Å². The molecule has 0 fully saturated rings. The molecule has 0 spiro atoms. The van der Waals surface area contributed by atoms with Crippen LogP contribution in [0, 0.1) is 11.3 Å². The van der Waals surface area contributed by atoms with Crippen molar-refractivity contribution < 1.29 is 4.74 Å². The van der Waals surface area contributed by atoms with Crippen molar-refractivity contribution in [3.8, 4) is 11.8 Å². The van der Waals surface area contributed by atoms with E-state index in [1.165, 1.54) is 0 Å². The molecule has 2 rings (SSSR count). The van der Waals surface area contributed by atoms with Gasteiger partial charge in [0.1, 0.15) is 5.75 Å². The van der Waals surface area contributed by atoms with Crippen molar-refractivity contribution in [2.24, 2.45) is 5.10 Å². The van der Waals surface area contributed by atoms with Crippen LogP contribution < -0.4 is 15.5 Å². The van der Waals surface area contributed by atoms with Gasteiger partial charge in [-0.3, -0.25) is 5.43 Å². The number of ether oxygens (including phenoxy) is 1. The Bertz CT molecular complexity index is 763. The fourth-order valence-corrected chi connectivity index (χ4v) is 2.04. The third kappa shape index (κ3) is 4.53. The maximum atomic E-state index is 8.80. The smallest absolute Gasteiger partial charge is 0.191 e. The Morgan fingerprint density at radius 1 is 1.17 bits per heavy atom. The summed E-state index contributed by atoms with van der Waals surface area (Å²) >= 11 is 5.22. The molecule has 116 valence electrons. The number of nitrogens with zero attached hydrogens (tertiary/aromatic N) is 2. The van der Waals surface area contributed by atoms with E-state index in [-0.39, 0.29) is 0 Å². The molecule has 0 amide bonds. The zero-order chi connectivity index (χ0) is 16.7. The lowest BCUT2D eigenvalue weighted by molar-refractivity contribution is 0.417. The molecule has 0 bridgehead atoms. The molecule has 0 saturated heterocycles. The van der Waals surface area contributed by atoms with Gasteiger partial charge in [0.25, 0.3) is 0 Å². The molecule has 0 radical (unpaired) electrons. The number of para-hydroxylation sites is 2. The fourth-order valence-electron chi connectivity index (χ4n) is 1.88. The Hall–Kier alpha value is -2.91. The number of nitriles is 1. The molecule has 2 aromatic carbocycles. The van der Waals surface area contributed by atoms with Gasteiger partial charge in [-0.2, -0.15) is 10.4 Å². The highest BCUT2D eigenvalue weighted by atomic mass is 32.1. The minimum Gasteiger partial charge on any atom is -0.495 e. The first-order valence-electron chi connectivity index (χ1n) is 6.89. The van der Waals surface area contributed by atoms with Gasteiger partial charge in [-0.1, -0.05) is 24.3 Å². The van der Waals surface area contributed by atoms with Gasteiger partial charge in [0.05, 0.1) is 30.1 Å². The molecule has 0 heterocycles. The average Bonchev–Trinajstić information content (AvgIpc) is 2.60. The second kappa shape index (κ2) is 7.92. The van der Waals surface area contributed by atoms with Crippen LogP contribution in [0.25, 0.3) is 0 Å². The lowest BCUT2D eigenvalue weighted by Crippen LogP contribution is -2.25. The standard InChI is InChI=1S/C17H16N4OS/c1-12(14-9-7-13(11-18)8-10-14)20-21-17(23)19-15-5-3-4-6-16(15)22-2/h3-10H,1-2H3,(H2,19,21,23)/b20-12-. The first kappa shape index (κ1) is 16.5. The van der Waals surface area contributed by atoms with Gasteiger partial charge in [-0.05, 0) is 49.0 Å². The van der Waals surface area contributed by atoms with E-state index in [4.69, 9.17) is 22.2 Å². The highest BCUT2D eigenvalue weighted by Crippen LogP contribution is 2.22. The molecule has 0 aliphatic rings. The SMILES string of the molecule is COc1ccccc1NC(=S)N/N=C(/C)c1ccc(C#N)cc1. The Morgan fingerprint density at radius 2 is 1.87 bits per heavy atom. The van der Waals surface area contributed by atoms with Crippen LogP contribution in [0.5, 0.6) is 5.75 Å². The summed E-state index contributed by atoms with van der Waals surface area (Å²) in [6.07, 6.45) is 0. The quantitative estimate of drug-likeness (QED) is 0.513. The Labute approximate surface area is 140 Å². The zero-order valence-electron chi connectivity index (χ0n) is 12.8. The van der Waals surface area contributed by atoms with Gasteiger partial charge < -0.3 is 10.1 Å². The summed E-state index contributed by atoms with van der Waals surface area (Å²) in [7, 11) is 1.60. The Balaban J connectivity index is 2.01. The maximum absolute atomic E-state index is 8.80. The predicted molar refractivity (Wildman–Crippen MR) is 95.7 cm³/mol. The number of hydrazone groups is 1. The van der Waals surface area contributed by atoms with Crippen molar-refractivity contribution in [1.29, 1.82) is 5.26 Å². The summed E-state index contributed by atoms with van der Waals surface area (Å²) in [5.74, 6) is 0.699. The van der Waals surface area contributed by atoms with Gasteiger partial charge in [-0.15, -0.1) is 0 Å². The number of benzene rings is 2. The van der Waals surface area contributed by atoms with Crippen molar-refractivity contribution in [3.63, 3.8) is 0 Å². The van der Waals surface area contributed by atoms with Crippen LogP contribution in [0.15, 0.2) is 53.6 Å². The molecule has 2 aromatic rings. The van der Waals surface area contributed by atoms with Crippen molar-refractivity contribution in [2.45, 2.75) is 6.92 Å². The van der Waals surface area contributed by atoms with Crippen molar-refractivity contribution >= 4 is 28.7 Å². The third-order valence-corrected chi connectivity index (χ3v) is 3.31. The normalized spacial score (nSPS) is 10.6. The molecule has 23 heavy (non-hydrogen) atoms. The third-order valence-electron chi connectivity index (χ3n) is 3.11. The molecule has 0 aliphatic carbocycles. The van der Waals surface area contributed by atoms with Gasteiger partial charge in [0.2, 0.25) is 0 Å². The lowest BCUT2D eigenvalue weighted by atomic mass is 10.1. The molecule has 0 unspecified atom stereocenters. The number of thiocarbonyl (C=S) groups is 1. The molecule has 0 atom stereocenters. The number of nitrogens with one attached hydrogen (secondary N) is 2. The van der Waals surface area contributed by atoms with Crippen LogP contribution in [-0.2, 0) is 0 Å².